The van der Waals surface area contributed by atoms with Crippen LogP contribution in [0, 0.1) is 18.6 Å². The summed E-state index contributed by atoms with van der Waals surface area (Å²) < 4.78 is 26.6. The van der Waals surface area contributed by atoms with E-state index in [9.17, 15) is 13.6 Å². The van der Waals surface area contributed by atoms with E-state index in [0.29, 0.717) is 16.4 Å². The molecule has 2 aromatic heterocycles. The first-order valence-electron chi connectivity index (χ1n) is 10.8. The van der Waals surface area contributed by atoms with Gasteiger partial charge in [0.15, 0.2) is 16.8 Å². The third-order valence-corrected chi connectivity index (χ3v) is 6.16. The van der Waals surface area contributed by atoms with Crippen LogP contribution in [0.3, 0.4) is 0 Å². The molecule has 7 nitrogen and oxygen atoms in total. The second-order valence-corrected chi connectivity index (χ2v) is 9.22. The highest BCUT2D eigenvalue weighted by atomic mass is 32.1. The van der Waals surface area contributed by atoms with E-state index in [4.69, 9.17) is 4.98 Å². The molecule has 1 amide bonds. The van der Waals surface area contributed by atoms with Gasteiger partial charge in [-0.3, -0.25) is 9.69 Å². The minimum Gasteiger partial charge on any atom is -0.354 e. The number of aromatic nitrogens is 3. The van der Waals surface area contributed by atoms with Crippen molar-refractivity contribution in [2.45, 2.75) is 26.7 Å². The Labute approximate surface area is 195 Å². The van der Waals surface area contributed by atoms with E-state index in [1.165, 1.54) is 17.4 Å². The summed E-state index contributed by atoms with van der Waals surface area (Å²) in [5.74, 6) is 0.0538. The van der Waals surface area contributed by atoms with Gasteiger partial charge in [-0.15, -0.1) is 11.3 Å². The Hall–Kier alpha value is -2.98. The lowest BCUT2D eigenvalue weighted by Crippen LogP contribution is -2.49. The molecule has 0 radical (unpaired) electrons. The van der Waals surface area contributed by atoms with Crippen molar-refractivity contribution in [1.82, 2.24) is 19.9 Å². The number of carbonyl (C=O) groups is 1. The van der Waals surface area contributed by atoms with Crippen LogP contribution in [0.25, 0.3) is 11.3 Å². The standard InChI is InChI=1S/C23H26F2N6OS/c1-14(2)22-26-15(3)10-20(28-22)31-8-6-30(7-9-31)12-21(32)29-23-27-19(13-33-23)16-4-5-17(24)18(25)11-16/h4-5,10-11,13-14H,6-9,12H2,1-3H3,(H,27,29,32). The summed E-state index contributed by atoms with van der Waals surface area (Å²) in [6, 6.07) is 5.62. The molecule has 1 aromatic carbocycles. The maximum absolute atomic E-state index is 13.5. The summed E-state index contributed by atoms with van der Waals surface area (Å²) in [6.07, 6.45) is 0. The zero-order valence-corrected chi connectivity index (χ0v) is 19.6. The topological polar surface area (TPSA) is 74.2 Å². The second-order valence-electron chi connectivity index (χ2n) is 8.36. The molecule has 4 rings (SSSR count). The molecular weight excluding hydrogens is 446 g/mol. The normalized spacial score (nSPS) is 14.7. The minimum absolute atomic E-state index is 0.158. The molecule has 3 aromatic rings. The molecule has 1 aliphatic heterocycles. The van der Waals surface area contributed by atoms with E-state index >= 15 is 0 Å². The minimum atomic E-state index is -0.928. The van der Waals surface area contributed by atoms with E-state index in [2.05, 4.69) is 38.9 Å². The number of thiazole rings is 1. The number of hydrogen-bond donors (Lipinski definition) is 1. The highest BCUT2D eigenvalue weighted by Gasteiger charge is 2.21. The van der Waals surface area contributed by atoms with Gasteiger partial charge in [-0.05, 0) is 25.1 Å². The Morgan fingerprint density at radius 2 is 1.85 bits per heavy atom. The number of aryl methyl sites for hydroxylation is 1. The second kappa shape index (κ2) is 9.88. The van der Waals surface area contributed by atoms with Gasteiger partial charge in [0.2, 0.25) is 5.91 Å². The summed E-state index contributed by atoms with van der Waals surface area (Å²) in [7, 11) is 0. The first-order valence-corrected chi connectivity index (χ1v) is 11.7. The lowest BCUT2D eigenvalue weighted by molar-refractivity contribution is -0.117. The van der Waals surface area contributed by atoms with Crippen molar-refractivity contribution in [1.29, 1.82) is 0 Å². The van der Waals surface area contributed by atoms with E-state index in [1.807, 2.05) is 13.0 Å². The van der Waals surface area contributed by atoms with Crippen molar-refractivity contribution in [2.24, 2.45) is 0 Å². The van der Waals surface area contributed by atoms with Crippen molar-refractivity contribution in [3.8, 4) is 11.3 Å². The molecule has 10 heteroatoms. The van der Waals surface area contributed by atoms with Crippen molar-refractivity contribution in [2.75, 3.05) is 42.9 Å². The van der Waals surface area contributed by atoms with E-state index in [-0.39, 0.29) is 18.4 Å². The molecule has 0 unspecified atom stereocenters. The van der Waals surface area contributed by atoms with Gasteiger partial charge in [0.1, 0.15) is 11.6 Å². The molecule has 0 atom stereocenters. The average molecular weight is 473 g/mol. The molecule has 3 heterocycles. The highest BCUT2D eigenvalue weighted by molar-refractivity contribution is 7.14. The molecule has 1 saturated heterocycles. The summed E-state index contributed by atoms with van der Waals surface area (Å²) in [6.45, 7) is 9.44. The van der Waals surface area contributed by atoms with Gasteiger partial charge in [0, 0.05) is 54.8 Å². The summed E-state index contributed by atoms with van der Waals surface area (Å²) in [5.41, 5.74) is 1.91. The molecule has 0 bridgehead atoms. The fourth-order valence-electron chi connectivity index (χ4n) is 3.61. The fraction of sp³-hybridized carbons (Fsp3) is 0.391. The third-order valence-electron chi connectivity index (χ3n) is 5.40. The number of amides is 1. The van der Waals surface area contributed by atoms with Crippen LogP contribution in [-0.2, 0) is 4.79 Å². The Kier molecular flexibility index (Phi) is 6.94. The van der Waals surface area contributed by atoms with Crippen LogP contribution in [0.15, 0.2) is 29.6 Å². The van der Waals surface area contributed by atoms with Crippen LogP contribution in [0.4, 0.5) is 19.7 Å². The number of halogens is 2. The van der Waals surface area contributed by atoms with Crippen LogP contribution < -0.4 is 10.2 Å². The predicted octanol–water partition coefficient (Wildman–Crippen LogP) is 4.07. The Morgan fingerprint density at radius 3 is 2.55 bits per heavy atom. The van der Waals surface area contributed by atoms with Crippen molar-refractivity contribution in [3.63, 3.8) is 0 Å². The van der Waals surface area contributed by atoms with Crippen LogP contribution in [0.2, 0.25) is 0 Å². The van der Waals surface area contributed by atoms with Crippen molar-refractivity contribution in [3.05, 3.63) is 52.8 Å². The average Bonchev–Trinajstić information content (AvgIpc) is 3.24. The number of carbonyl (C=O) groups excluding carboxylic acids is 1. The quantitative estimate of drug-likeness (QED) is 0.583. The van der Waals surface area contributed by atoms with Gasteiger partial charge in [-0.25, -0.2) is 23.7 Å². The lowest BCUT2D eigenvalue weighted by Gasteiger charge is -2.35. The SMILES string of the molecule is Cc1cc(N2CCN(CC(=O)Nc3nc(-c4ccc(F)c(F)c4)cs3)CC2)nc(C(C)C)n1. The molecular formula is C23H26F2N6OS. The van der Waals surface area contributed by atoms with Crippen LogP contribution in [0.1, 0.15) is 31.3 Å². The monoisotopic (exact) mass is 472 g/mol. The predicted molar refractivity (Wildman–Crippen MR) is 126 cm³/mol. The van der Waals surface area contributed by atoms with Crippen molar-refractivity contribution < 1.29 is 13.6 Å². The summed E-state index contributed by atoms with van der Waals surface area (Å²) in [5, 5.41) is 4.93. The summed E-state index contributed by atoms with van der Waals surface area (Å²) >= 11 is 1.25. The van der Waals surface area contributed by atoms with Gasteiger partial charge in [0.05, 0.1) is 12.2 Å². The first kappa shape index (κ1) is 23.2. The molecule has 174 valence electrons. The lowest BCUT2D eigenvalue weighted by atomic mass is 10.2. The smallest absolute Gasteiger partial charge is 0.240 e. The van der Waals surface area contributed by atoms with Gasteiger partial charge in [-0.2, -0.15) is 0 Å². The van der Waals surface area contributed by atoms with Gasteiger partial charge in [0.25, 0.3) is 0 Å². The van der Waals surface area contributed by atoms with E-state index in [0.717, 1.165) is 55.6 Å². The zero-order valence-electron chi connectivity index (χ0n) is 18.8. The summed E-state index contributed by atoms with van der Waals surface area (Å²) in [4.78, 5) is 30.4. The molecule has 0 saturated carbocycles. The fourth-order valence-corrected chi connectivity index (χ4v) is 4.35. The number of anilines is 2. The largest absolute Gasteiger partial charge is 0.354 e. The van der Waals surface area contributed by atoms with Gasteiger partial charge >= 0.3 is 0 Å². The van der Waals surface area contributed by atoms with Gasteiger partial charge in [-0.1, -0.05) is 13.8 Å². The third kappa shape index (κ3) is 5.69. The van der Waals surface area contributed by atoms with E-state index < -0.39 is 11.6 Å². The van der Waals surface area contributed by atoms with E-state index in [1.54, 1.807) is 5.38 Å². The van der Waals surface area contributed by atoms with Crippen LogP contribution in [-0.4, -0.2) is 58.5 Å². The Bertz CT molecular complexity index is 1140. The number of piperazine rings is 1. The molecule has 1 fully saturated rings. The first-order chi connectivity index (χ1) is 15.8. The molecule has 1 aliphatic rings. The number of hydrogen-bond acceptors (Lipinski definition) is 7. The maximum atomic E-state index is 13.5. The number of rotatable bonds is 6. The Morgan fingerprint density at radius 1 is 1.09 bits per heavy atom. The number of nitrogens with one attached hydrogen (secondary N) is 1. The number of benzene rings is 1. The molecule has 1 N–H and O–H groups in total. The highest BCUT2D eigenvalue weighted by Crippen LogP contribution is 2.26. The zero-order chi connectivity index (χ0) is 23.5. The molecule has 33 heavy (non-hydrogen) atoms. The van der Waals surface area contributed by atoms with Crippen molar-refractivity contribution >= 4 is 28.2 Å². The number of nitrogens with zero attached hydrogens (tertiary/aromatic N) is 5. The Balaban J connectivity index is 1.30. The molecule has 0 aliphatic carbocycles. The van der Waals surface area contributed by atoms with Gasteiger partial charge < -0.3 is 10.2 Å². The maximum Gasteiger partial charge on any atom is 0.240 e. The molecule has 0 spiro atoms. The van der Waals surface area contributed by atoms with Crippen LogP contribution in [0.5, 0.6) is 0 Å². The van der Waals surface area contributed by atoms with Crippen LogP contribution >= 0.6 is 11.3 Å².